The predicted octanol–water partition coefficient (Wildman–Crippen LogP) is 5.87. The van der Waals surface area contributed by atoms with Crippen molar-refractivity contribution in [3.05, 3.63) is 64.7 Å². The Kier molecular flexibility index (Phi) is 5.70. The molecule has 0 bridgehead atoms. The largest absolute Gasteiger partial charge is 0.454 e. The van der Waals surface area contributed by atoms with E-state index in [1.807, 2.05) is 18.2 Å². The molecule has 28 heavy (non-hydrogen) atoms. The fourth-order valence-corrected chi connectivity index (χ4v) is 3.36. The van der Waals surface area contributed by atoms with Crippen LogP contribution < -0.4 is 9.47 Å². The summed E-state index contributed by atoms with van der Waals surface area (Å²) in [5.74, 6) is 1.76. The van der Waals surface area contributed by atoms with Crippen LogP contribution in [0.1, 0.15) is 41.5 Å². The maximum absolute atomic E-state index is 12.7. The molecule has 2 aromatic rings. The molecule has 0 saturated carbocycles. The molecule has 4 rings (SSSR count). The zero-order chi connectivity index (χ0) is 19.0. The van der Waals surface area contributed by atoms with Gasteiger partial charge in [0.25, 0.3) is 0 Å². The van der Waals surface area contributed by atoms with E-state index in [0.717, 1.165) is 35.6 Å². The third kappa shape index (κ3) is 3.87. The Morgan fingerprint density at radius 3 is 2.39 bits per heavy atom. The highest BCUT2D eigenvalue weighted by atomic mass is 35.5. The van der Waals surface area contributed by atoms with E-state index in [0.29, 0.717) is 23.8 Å². The van der Waals surface area contributed by atoms with Crippen molar-refractivity contribution in [3.63, 3.8) is 0 Å². The van der Waals surface area contributed by atoms with E-state index in [9.17, 15) is 13.2 Å². The summed E-state index contributed by atoms with van der Waals surface area (Å²) in [5.41, 5.74) is 2.99. The summed E-state index contributed by atoms with van der Waals surface area (Å²) in [6, 6.07) is 9.04. The van der Waals surface area contributed by atoms with Crippen LogP contribution in [0.15, 0.2) is 47.5 Å². The van der Waals surface area contributed by atoms with Crippen molar-refractivity contribution in [3.8, 4) is 11.5 Å². The fraction of sp³-hybridized carbons (Fsp3) is 0.286. The molecule has 2 aliphatic rings. The number of hydrogen-bond donors (Lipinski definition) is 0. The molecule has 2 heterocycles. The maximum atomic E-state index is 12.7. The molecule has 1 atom stereocenters. The molecule has 148 valence electrons. The van der Waals surface area contributed by atoms with E-state index in [4.69, 9.17) is 9.47 Å². The minimum absolute atomic E-state index is 0. The van der Waals surface area contributed by atoms with Gasteiger partial charge in [-0.3, -0.25) is 4.99 Å². The van der Waals surface area contributed by atoms with Crippen LogP contribution >= 0.6 is 12.4 Å². The molecule has 0 spiro atoms. The first-order chi connectivity index (χ1) is 13.0. The molecule has 3 nitrogen and oxygen atoms in total. The molecule has 2 aromatic carbocycles. The topological polar surface area (TPSA) is 30.8 Å². The molecule has 2 aliphatic heterocycles. The van der Waals surface area contributed by atoms with Gasteiger partial charge in [0.2, 0.25) is 6.79 Å². The summed E-state index contributed by atoms with van der Waals surface area (Å²) in [4.78, 5) is 4.67. The normalized spacial score (nSPS) is 17.9. The van der Waals surface area contributed by atoms with Crippen LogP contribution in [0, 0.1) is 0 Å². The highest BCUT2D eigenvalue weighted by molar-refractivity contribution is 6.12. The third-order valence-electron chi connectivity index (χ3n) is 4.91. The summed E-state index contributed by atoms with van der Waals surface area (Å²) < 4.78 is 49.0. The minimum atomic E-state index is -4.33. The van der Waals surface area contributed by atoms with Gasteiger partial charge in [0.1, 0.15) is 0 Å². The van der Waals surface area contributed by atoms with Crippen LogP contribution in [0.4, 0.5) is 13.2 Å². The SMILES string of the molecule is CCC1CN=C(C=Cc2ccc(C(F)(F)F)cc2)c2cc3c(cc21)OCO3.Cl. The molecule has 0 amide bonds. The number of hydrogen-bond acceptors (Lipinski definition) is 3. The van der Waals surface area contributed by atoms with Crippen molar-refractivity contribution in [2.24, 2.45) is 4.99 Å². The van der Waals surface area contributed by atoms with Crippen molar-refractivity contribution in [2.75, 3.05) is 13.3 Å². The van der Waals surface area contributed by atoms with Gasteiger partial charge in [0.15, 0.2) is 11.5 Å². The molecular weight excluding hydrogens is 391 g/mol. The van der Waals surface area contributed by atoms with E-state index in [1.165, 1.54) is 17.7 Å². The van der Waals surface area contributed by atoms with E-state index in [1.54, 1.807) is 6.08 Å². The Labute approximate surface area is 167 Å². The molecule has 1 unspecified atom stereocenters. The third-order valence-corrected chi connectivity index (χ3v) is 4.91. The molecule has 0 aliphatic carbocycles. The van der Waals surface area contributed by atoms with Crippen LogP contribution in [-0.2, 0) is 6.18 Å². The lowest BCUT2D eigenvalue weighted by Gasteiger charge is -2.23. The smallest absolute Gasteiger partial charge is 0.416 e. The first-order valence-corrected chi connectivity index (χ1v) is 8.79. The second-order valence-electron chi connectivity index (χ2n) is 6.58. The predicted molar refractivity (Wildman–Crippen MR) is 105 cm³/mol. The van der Waals surface area contributed by atoms with Gasteiger partial charge >= 0.3 is 6.18 Å². The quantitative estimate of drug-likeness (QED) is 0.635. The second kappa shape index (κ2) is 7.87. The van der Waals surface area contributed by atoms with E-state index in [2.05, 4.69) is 11.9 Å². The highest BCUT2D eigenvalue weighted by Gasteiger charge is 2.30. The van der Waals surface area contributed by atoms with Crippen LogP contribution in [0.25, 0.3) is 6.08 Å². The van der Waals surface area contributed by atoms with Crippen molar-refractivity contribution in [2.45, 2.75) is 25.4 Å². The van der Waals surface area contributed by atoms with Crippen molar-refractivity contribution < 1.29 is 22.6 Å². The Bertz CT molecular complexity index is 920. The maximum Gasteiger partial charge on any atom is 0.416 e. The number of halogens is 4. The van der Waals surface area contributed by atoms with Gasteiger partial charge in [0, 0.05) is 18.0 Å². The zero-order valence-corrected chi connectivity index (χ0v) is 15.9. The summed E-state index contributed by atoms with van der Waals surface area (Å²) in [7, 11) is 0. The number of aliphatic imine (C=N–C) groups is 1. The fourth-order valence-electron chi connectivity index (χ4n) is 3.36. The number of allylic oxidation sites excluding steroid dienone is 1. The van der Waals surface area contributed by atoms with Gasteiger partial charge in [-0.2, -0.15) is 13.2 Å². The Balaban J connectivity index is 0.00000225. The van der Waals surface area contributed by atoms with Crippen LogP contribution in [-0.4, -0.2) is 19.0 Å². The Morgan fingerprint density at radius 2 is 1.75 bits per heavy atom. The first kappa shape index (κ1) is 20.3. The standard InChI is InChI=1S/C21H18F3NO2.ClH/c1-2-14-11-25-18(17-10-20-19(9-16(14)17)26-12-27-20)8-5-13-3-6-15(7-4-13)21(22,23)24;/h3-10,14H,2,11-12H2,1H3;1H. The van der Waals surface area contributed by atoms with Gasteiger partial charge in [-0.05, 0) is 47.9 Å². The average Bonchev–Trinajstić information content (AvgIpc) is 3.11. The van der Waals surface area contributed by atoms with Gasteiger partial charge in [-0.25, -0.2) is 0 Å². The lowest BCUT2D eigenvalue weighted by atomic mass is 9.87. The van der Waals surface area contributed by atoms with Crippen LogP contribution in [0.2, 0.25) is 0 Å². The average molecular weight is 410 g/mol. The molecule has 7 heteroatoms. The first-order valence-electron chi connectivity index (χ1n) is 8.79. The van der Waals surface area contributed by atoms with E-state index in [-0.39, 0.29) is 19.2 Å². The summed E-state index contributed by atoms with van der Waals surface area (Å²) in [6.07, 6.45) is 0.257. The monoisotopic (exact) mass is 409 g/mol. The molecule has 0 fully saturated rings. The minimum Gasteiger partial charge on any atom is -0.454 e. The van der Waals surface area contributed by atoms with Gasteiger partial charge < -0.3 is 9.47 Å². The van der Waals surface area contributed by atoms with E-state index >= 15 is 0 Å². The van der Waals surface area contributed by atoms with Crippen LogP contribution in [0.5, 0.6) is 11.5 Å². The van der Waals surface area contributed by atoms with Gasteiger partial charge in [-0.15, -0.1) is 12.4 Å². The zero-order valence-electron chi connectivity index (χ0n) is 15.1. The molecule has 0 aromatic heterocycles. The number of ether oxygens (including phenoxy) is 2. The van der Waals surface area contributed by atoms with Crippen molar-refractivity contribution in [1.82, 2.24) is 0 Å². The highest BCUT2D eigenvalue weighted by Crippen LogP contribution is 2.40. The lowest BCUT2D eigenvalue weighted by molar-refractivity contribution is -0.137. The van der Waals surface area contributed by atoms with Crippen molar-refractivity contribution in [1.29, 1.82) is 0 Å². The summed E-state index contributed by atoms with van der Waals surface area (Å²) in [5, 5.41) is 0. The lowest BCUT2D eigenvalue weighted by Crippen LogP contribution is -2.16. The molecular formula is C21H19ClF3NO2. The summed E-state index contributed by atoms with van der Waals surface area (Å²) in [6.45, 7) is 3.01. The van der Waals surface area contributed by atoms with Gasteiger partial charge in [-0.1, -0.05) is 25.1 Å². The number of rotatable bonds is 3. The number of fused-ring (bicyclic) bond motifs is 2. The number of alkyl halides is 3. The number of benzene rings is 2. The Morgan fingerprint density at radius 1 is 1.07 bits per heavy atom. The van der Waals surface area contributed by atoms with Crippen LogP contribution in [0.3, 0.4) is 0 Å². The van der Waals surface area contributed by atoms with E-state index < -0.39 is 11.7 Å². The molecule has 0 saturated heterocycles. The van der Waals surface area contributed by atoms with Crippen molar-refractivity contribution >= 4 is 24.2 Å². The number of nitrogens with zero attached hydrogens (tertiary/aromatic N) is 1. The molecule has 0 N–H and O–H groups in total. The summed E-state index contributed by atoms with van der Waals surface area (Å²) >= 11 is 0. The second-order valence-corrected chi connectivity index (χ2v) is 6.58. The Hall–Kier alpha value is -2.47. The molecule has 0 radical (unpaired) electrons. The van der Waals surface area contributed by atoms with Gasteiger partial charge in [0.05, 0.1) is 11.3 Å².